The van der Waals surface area contributed by atoms with Gasteiger partial charge in [0.1, 0.15) is 0 Å². The third kappa shape index (κ3) is 4.07. The van der Waals surface area contributed by atoms with Gasteiger partial charge < -0.3 is 30.0 Å². The van der Waals surface area contributed by atoms with Crippen molar-refractivity contribution < 1.29 is 33.8 Å². The van der Waals surface area contributed by atoms with Crippen molar-refractivity contribution in [3.8, 4) is 0 Å². The van der Waals surface area contributed by atoms with Gasteiger partial charge in [-0.2, -0.15) is 0 Å². The second-order valence-electron chi connectivity index (χ2n) is 3.97. The maximum Gasteiger partial charge on any atom is 0.369 e. The van der Waals surface area contributed by atoms with E-state index in [1.807, 2.05) is 0 Å². The lowest BCUT2D eigenvalue weighted by molar-refractivity contribution is 0.122. The van der Waals surface area contributed by atoms with E-state index in [9.17, 15) is 14.2 Å². The maximum absolute atomic E-state index is 11.1. The maximum atomic E-state index is 11.1. The fraction of sp³-hybridized carbons (Fsp3) is 0.500. The molecule has 1 rings (SSSR count). The van der Waals surface area contributed by atoms with Gasteiger partial charge in [-0.3, -0.25) is 9.13 Å². The van der Waals surface area contributed by atoms with Crippen LogP contribution in [0, 0.1) is 0 Å². The largest absolute Gasteiger partial charge is 0.369 e. The number of hydrogen-bond acceptors (Lipinski definition) is 6. The van der Waals surface area contributed by atoms with Crippen molar-refractivity contribution >= 4 is 21.1 Å². The summed E-state index contributed by atoms with van der Waals surface area (Å²) < 4.78 is 22.1. The fourth-order valence-electron chi connectivity index (χ4n) is 1.38. The van der Waals surface area contributed by atoms with E-state index in [1.54, 1.807) is 6.07 Å². The molecule has 0 amide bonds. The molecule has 0 saturated heterocycles. The lowest BCUT2D eigenvalue weighted by Crippen LogP contribution is -2.29. The molecule has 0 fully saturated rings. The second kappa shape index (κ2) is 6.28. The molecule has 6 N–H and O–H groups in total. The van der Waals surface area contributed by atoms with Gasteiger partial charge in [-0.1, -0.05) is 0 Å². The smallest absolute Gasteiger partial charge is 0.368 e. The lowest BCUT2D eigenvalue weighted by Gasteiger charge is -2.29. The van der Waals surface area contributed by atoms with Crippen LogP contribution in [0.15, 0.2) is 18.5 Å². The standard InChI is InChI=1S/C8H15N3O7P2/c12-8(19(13,14)15,20(16,17)18)3-1-4-9-7-10-5-2-6-11-7/h2,5-6,12H,1,3-4H2,(H,9,10,11)(H2,13,14,15)(H2,16,17,18). The molecular formula is C8H15N3O7P2. The van der Waals surface area contributed by atoms with Crippen LogP contribution in [0.5, 0.6) is 0 Å². The van der Waals surface area contributed by atoms with Crippen LogP contribution in [0.25, 0.3) is 0 Å². The fourth-order valence-corrected chi connectivity index (χ4v) is 3.63. The molecular weight excluding hydrogens is 312 g/mol. The zero-order valence-electron chi connectivity index (χ0n) is 10.2. The molecule has 1 heterocycles. The summed E-state index contributed by atoms with van der Waals surface area (Å²) in [5, 5.41) is 8.90. The lowest BCUT2D eigenvalue weighted by atomic mass is 10.3. The number of nitrogens with zero attached hydrogens (tertiary/aromatic N) is 2. The minimum atomic E-state index is -5.39. The third-order valence-corrected chi connectivity index (χ3v) is 6.35. The summed E-state index contributed by atoms with van der Waals surface area (Å²) in [5.41, 5.74) is 0. The van der Waals surface area contributed by atoms with Crippen LogP contribution in [-0.2, 0) is 9.13 Å². The topological polar surface area (TPSA) is 173 Å². The summed E-state index contributed by atoms with van der Waals surface area (Å²) in [5.74, 6) is 0.253. The van der Waals surface area contributed by atoms with E-state index >= 15 is 0 Å². The monoisotopic (exact) mass is 327 g/mol. The summed E-state index contributed by atoms with van der Waals surface area (Å²) >= 11 is 0. The Morgan fingerprint density at radius 2 is 1.60 bits per heavy atom. The Labute approximate surface area is 114 Å². The Bertz CT molecular complexity index is 506. The number of aromatic nitrogens is 2. The molecule has 0 radical (unpaired) electrons. The van der Waals surface area contributed by atoms with Crippen molar-refractivity contribution in [3.05, 3.63) is 18.5 Å². The van der Waals surface area contributed by atoms with Crippen LogP contribution < -0.4 is 5.32 Å². The van der Waals surface area contributed by atoms with E-state index in [2.05, 4.69) is 15.3 Å². The van der Waals surface area contributed by atoms with Crippen LogP contribution in [0.2, 0.25) is 0 Å². The van der Waals surface area contributed by atoms with Crippen LogP contribution in [0.3, 0.4) is 0 Å². The molecule has 0 aliphatic heterocycles. The minimum absolute atomic E-state index is 0.0757. The number of nitrogens with one attached hydrogen (secondary N) is 1. The molecule has 0 atom stereocenters. The first-order valence-electron chi connectivity index (χ1n) is 5.42. The normalized spacial score (nSPS) is 13.2. The molecule has 1 aromatic rings. The number of rotatable bonds is 7. The molecule has 1 aromatic heterocycles. The number of aliphatic hydroxyl groups is 1. The van der Waals surface area contributed by atoms with E-state index in [0.717, 1.165) is 0 Å². The van der Waals surface area contributed by atoms with Crippen molar-refractivity contribution in [1.29, 1.82) is 0 Å². The number of anilines is 1. The molecule has 0 bridgehead atoms. The summed E-state index contributed by atoms with van der Waals surface area (Å²) in [6, 6.07) is 1.59. The first kappa shape index (κ1) is 17.2. The van der Waals surface area contributed by atoms with E-state index in [-0.39, 0.29) is 18.9 Å². The molecule has 0 aliphatic carbocycles. The van der Waals surface area contributed by atoms with Crippen molar-refractivity contribution in [2.75, 3.05) is 11.9 Å². The van der Waals surface area contributed by atoms with Crippen LogP contribution in [0.4, 0.5) is 5.95 Å². The SMILES string of the molecule is O=P(O)(O)C(O)(CCCNc1ncccn1)P(=O)(O)O. The summed E-state index contributed by atoms with van der Waals surface area (Å²) in [6.07, 6.45) is 2.06. The third-order valence-electron chi connectivity index (χ3n) is 2.47. The van der Waals surface area contributed by atoms with Crippen LogP contribution in [0.1, 0.15) is 12.8 Å². The van der Waals surface area contributed by atoms with E-state index in [4.69, 9.17) is 19.6 Å². The Kier molecular flexibility index (Phi) is 5.39. The highest BCUT2D eigenvalue weighted by Crippen LogP contribution is 2.69. The predicted molar refractivity (Wildman–Crippen MR) is 68.8 cm³/mol. The van der Waals surface area contributed by atoms with Gasteiger partial charge in [-0.15, -0.1) is 0 Å². The predicted octanol–water partition coefficient (Wildman–Crippen LogP) is -0.330. The van der Waals surface area contributed by atoms with Crippen LogP contribution in [-0.4, -0.2) is 46.3 Å². The van der Waals surface area contributed by atoms with Gasteiger partial charge in [0, 0.05) is 25.4 Å². The molecule has 0 unspecified atom stereocenters. The van der Waals surface area contributed by atoms with Gasteiger partial charge in [0.2, 0.25) is 5.95 Å². The quantitative estimate of drug-likeness (QED) is 0.287. The molecule has 0 aromatic carbocycles. The van der Waals surface area contributed by atoms with Crippen molar-refractivity contribution in [1.82, 2.24) is 9.97 Å². The van der Waals surface area contributed by atoms with Crippen molar-refractivity contribution in [2.24, 2.45) is 0 Å². The van der Waals surface area contributed by atoms with Crippen molar-refractivity contribution in [2.45, 2.75) is 17.9 Å². The van der Waals surface area contributed by atoms with Crippen molar-refractivity contribution in [3.63, 3.8) is 0 Å². The van der Waals surface area contributed by atoms with Gasteiger partial charge in [0.15, 0.2) is 0 Å². The van der Waals surface area contributed by atoms with Gasteiger partial charge in [0.05, 0.1) is 0 Å². The Hall–Kier alpha value is -0.860. The molecule has 20 heavy (non-hydrogen) atoms. The Morgan fingerprint density at radius 1 is 1.10 bits per heavy atom. The highest BCUT2D eigenvalue weighted by molar-refractivity contribution is 7.72. The minimum Gasteiger partial charge on any atom is -0.368 e. The summed E-state index contributed by atoms with van der Waals surface area (Å²) in [4.78, 5) is 43.3. The van der Waals surface area contributed by atoms with E-state index in [1.165, 1.54) is 12.4 Å². The van der Waals surface area contributed by atoms with E-state index in [0.29, 0.717) is 0 Å². The Morgan fingerprint density at radius 3 is 2.05 bits per heavy atom. The highest BCUT2D eigenvalue weighted by Gasteiger charge is 2.58. The van der Waals surface area contributed by atoms with E-state index < -0.39 is 26.7 Å². The first-order chi connectivity index (χ1) is 9.08. The zero-order valence-corrected chi connectivity index (χ0v) is 12.0. The molecule has 0 aliphatic rings. The zero-order chi connectivity index (χ0) is 15.4. The molecule has 12 heteroatoms. The highest BCUT2D eigenvalue weighted by atomic mass is 31.2. The van der Waals surface area contributed by atoms with Gasteiger partial charge in [0.25, 0.3) is 5.08 Å². The first-order valence-corrected chi connectivity index (χ1v) is 8.65. The van der Waals surface area contributed by atoms with Crippen LogP contribution >= 0.6 is 15.2 Å². The molecule has 0 saturated carbocycles. The molecule has 114 valence electrons. The van der Waals surface area contributed by atoms with Gasteiger partial charge in [-0.25, -0.2) is 9.97 Å². The number of hydrogen-bond donors (Lipinski definition) is 6. The molecule has 10 nitrogen and oxygen atoms in total. The van der Waals surface area contributed by atoms with Gasteiger partial charge >= 0.3 is 15.2 Å². The second-order valence-corrected chi connectivity index (χ2v) is 7.97. The average Bonchev–Trinajstić information content (AvgIpc) is 2.33. The Balaban J connectivity index is 2.62. The summed E-state index contributed by atoms with van der Waals surface area (Å²) in [6.45, 7) is 0.0757. The van der Waals surface area contributed by atoms with Gasteiger partial charge in [-0.05, 0) is 12.5 Å². The summed E-state index contributed by atoms with van der Waals surface area (Å²) in [7, 11) is -10.8. The average molecular weight is 327 g/mol. The molecule has 0 spiro atoms.